The van der Waals surface area contributed by atoms with E-state index in [9.17, 15) is 8.78 Å². The minimum absolute atomic E-state index is 0. The van der Waals surface area contributed by atoms with Gasteiger partial charge in [0.15, 0.2) is 11.6 Å². The molecule has 0 fully saturated rings. The third-order valence-corrected chi connectivity index (χ3v) is 3.85. The van der Waals surface area contributed by atoms with Crippen LogP contribution in [0.2, 0.25) is 0 Å². The predicted octanol–water partition coefficient (Wildman–Crippen LogP) is 3.71. The zero-order valence-corrected chi connectivity index (χ0v) is 15.8. The third kappa shape index (κ3) is 10.7. The molecule has 21 heavy (non-hydrogen) atoms. The molecule has 0 N–H and O–H groups in total. The van der Waals surface area contributed by atoms with E-state index in [1.54, 1.807) is 12.1 Å². The fraction of sp³-hybridized carbons (Fsp3) is 0.588. The number of unbranched alkanes of at least 4 members (excludes halogenated alkanes) is 5. The number of halogens is 3. The van der Waals surface area contributed by atoms with E-state index in [0.717, 1.165) is 19.3 Å². The molecule has 0 bridgehead atoms. The van der Waals surface area contributed by atoms with Crippen LogP contribution in [0.3, 0.4) is 0 Å². The molecule has 0 nitrogen and oxygen atoms in total. The summed E-state index contributed by atoms with van der Waals surface area (Å²) in [6, 6.07) is 3.33. The quantitative estimate of drug-likeness (QED) is 0.215. The first kappa shape index (κ1) is 23.7. The molecule has 0 saturated heterocycles. The van der Waals surface area contributed by atoms with Gasteiger partial charge >= 0.3 is 18.9 Å². The Kier molecular flexibility index (Phi) is 17.3. The Morgan fingerprint density at radius 1 is 0.952 bits per heavy atom. The van der Waals surface area contributed by atoms with Crippen LogP contribution in [0.4, 0.5) is 8.78 Å². The molecular weight excluding hydrogens is 376 g/mol. The Morgan fingerprint density at radius 3 is 2.05 bits per heavy atom. The van der Waals surface area contributed by atoms with E-state index in [4.69, 9.17) is 0 Å². The molecule has 0 unspecified atom stereocenters. The monoisotopic (exact) mass is 402 g/mol. The first-order chi connectivity index (χ1) is 9.58. The van der Waals surface area contributed by atoms with Crippen molar-refractivity contribution in [2.75, 3.05) is 0 Å². The van der Waals surface area contributed by atoms with Crippen LogP contribution < -0.4 is 18.9 Å². The maximum absolute atomic E-state index is 13.5. The fourth-order valence-electron chi connectivity index (χ4n) is 1.68. The summed E-state index contributed by atoms with van der Waals surface area (Å²) in [5.74, 6) is -1.37. The topological polar surface area (TPSA) is 0 Å². The van der Waals surface area contributed by atoms with Crippen molar-refractivity contribution < 1.29 is 27.6 Å². The SMILES string of the molecule is CCCCCCCc1ccc(I)c(F)c1F.[CH2-]CCC.[Li+]. The van der Waals surface area contributed by atoms with Gasteiger partial charge in [-0.1, -0.05) is 52.0 Å². The first-order valence-electron chi connectivity index (χ1n) is 7.50. The molecule has 4 heteroatoms. The molecule has 1 aromatic carbocycles. The van der Waals surface area contributed by atoms with Crippen LogP contribution >= 0.6 is 22.6 Å². The van der Waals surface area contributed by atoms with Gasteiger partial charge in [-0.25, -0.2) is 8.78 Å². The van der Waals surface area contributed by atoms with E-state index >= 15 is 0 Å². The van der Waals surface area contributed by atoms with Crippen LogP contribution in [-0.4, -0.2) is 0 Å². The average Bonchev–Trinajstić information content (AvgIpc) is 2.47. The van der Waals surface area contributed by atoms with Crippen molar-refractivity contribution in [3.05, 3.63) is 39.8 Å². The summed E-state index contributed by atoms with van der Waals surface area (Å²) in [5, 5.41) is 0. The second kappa shape index (κ2) is 15.3. The van der Waals surface area contributed by atoms with Gasteiger partial charge in [-0.05, 0) is 47.1 Å². The molecule has 0 amide bonds. The molecule has 1 aromatic rings. The Bertz CT molecular complexity index is 368. The molecule has 0 heterocycles. The molecular formula is C17H26F2ILi. The van der Waals surface area contributed by atoms with Crippen LogP contribution in [0.25, 0.3) is 0 Å². The molecule has 0 radical (unpaired) electrons. The Labute approximate surface area is 154 Å². The number of benzene rings is 1. The standard InChI is InChI=1S/C13H17F2I.C4H9.Li/c1-2-3-4-5-6-7-10-8-9-11(16)13(15)12(10)14;1-3-4-2;/h8-9H,2-7H2,1H3;1,3-4H2,2H3;/q;-1;+1. The van der Waals surface area contributed by atoms with E-state index in [2.05, 4.69) is 20.8 Å². The van der Waals surface area contributed by atoms with Crippen LogP contribution in [0.1, 0.15) is 64.4 Å². The summed E-state index contributed by atoms with van der Waals surface area (Å²) in [7, 11) is 0. The minimum atomic E-state index is -0.702. The van der Waals surface area contributed by atoms with Crippen molar-refractivity contribution in [3.8, 4) is 0 Å². The maximum atomic E-state index is 13.5. The van der Waals surface area contributed by atoms with Crippen molar-refractivity contribution in [2.24, 2.45) is 0 Å². The van der Waals surface area contributed by atoms with Gasteiger partial charge in [0.1, 0.15) is 0 Å². The normalized spacial score (nSPS) is 9.62. The van der Waals surface area contributed by atoms with Crippen molar-refractivity contribution >= 4 is 22.6 Å². The zero-order valence-electron chi connectivity index (χ0n) is 13.7. The summed E-state index contributed by atoms with van der Waals surface area (Å²) >= 11 is 1.81. The summed E-state index contributed by atoms with van der Waals surface area (Å²) in [6.45, 7) is 7.88. The van der Waals surface area contributed by atoms with E-state index in [-0.39, 0.29) is 18.9 Å². The Morgan fingerprint density at radius 2 is 1.52 bits per heavy atom. The first-order valence-corrected chi connectivity index (χ1v) is 8.57. The average molecular weight is 402 g/mol. The van der Waals surface area contributed by atoms with Gasteiger partial charge in [0.25, 0.3) is 0 Å². The van der Waals surface area contributed by atoms with Gasteiger partial charge in [-0.15, -0.1) is 0 Å². The fourth-order valence-corrected chi connectivity index (χ4v) is 2.09. The van der Waals surface area contributed by atoms with Crippen LogP contribution in [0, 0.1) is 22.1 Å². The summed E-state index contributed by atoms with van der Waals surface area (Å²) in [5.41, 5.74) is 0.509. The number of hydrogen-bond donors (Lipinski definition) is 0. The van der Waals surface area contributed by atoms with Gasteiger partial charge in [-0.2, -0.15) is 6.42 Å². The minimum Gasteiger partial charge on any atom is -0.343 e. The van der Waals surface area contributed by atoms with Crippen LogP contribution in [-0.2, 0) is 6.42 Å². The largest absolute Gasteiger partial charge is 1.00 e. The van der Waals surface area contributed by atoms with Gasteiger partial charge in [-0.3, -0.25) is 0 Å². The molecule has 0 aromatic heterocycles. The molecule has 0 saturated carbocycles. The Hall–Kier alpha value is 0.407. The molecule has 1 rings (SSSR count). The molecule has 0 atom stereocenters. The third-order valence-electron chi connectivity index (χ3n) is 3.02. The molecule has 0 aliphatic rings. The van der Waals surface area contributed by atoms with Gasteiger partial charge in [0.2, 0.25) is 0 Å². The second-order valence-electron chi connectivity index (χ2n) is 4.85. The molecule has 116 valence electrons. The Balaban J connectivity index is 0. The molecule has 0 aliphatic heterocycles. The van der Waals surface area contributed by atoms with E-state index in [1.807, 2.05) is 22.6 Å². The second-order valence-corrected chi connectivity index (χ2v) is 6.01. The smallest absolute Gasteiger partial charge is 0.343 e. The van der Waals surface area contributed by atoms with Gasteiger partial charge in [0.05, 0.1) is 3.57 Å². The molecule has 0 aliphatic carbocycles. The molecule has 0 spiro atoms. The van der Waals surface area contributed by atoms with Crippen LogP contribution in [0.15, 0.2) is 12.1 Å². The van der Waals surface area contributed by atoms with E-state index in [1.165, 1.54) is 25.7 Å². The summed E-state index contributed by atoms with van der Waals surface area (Å²) in [6.07, 6.45) is 8.57. The maximum Gasteiger partial charge on any atom is 1.00 e. The van der Waals surface area contributed by atoms with Crippen molar-refractivity contribution in [1.82, 2.24) is 0 Å². The van der Waals surface area contributed by atoms with Crippen molar-refractivity contribution in [1.29, 1.82) is 0 Å². The number of hydrogen-bond acceptors (Lipinski definition) is 0. The van der Waals surface area contributed by atoms with Crippen molar-refractivity contribution in [2.45, 2.75) is 65.2 Å². The van der Waals surface area contributed by atoms with Crippen LogP contribution in [0.5, 0.6) is 0 Å². The van der Waals surface area contributed by atoms with Gasteiger partial charge in [0, 0.05) is 0 Å². The van der Waals surface area contributed by atoms with E-state index in [0.29, 0.717) is 15.6 Å². The summed E-state index contributed by atoms with van der Waals surface area (Å²) < 4.78 is 27.0. The summed E-state index contributed by atoms with van der Waals surface area (Å²) in [4.78, 5) is 0. The van der Waals surface area contributed by atoms with Gasteiger partial charge < -0.3 is 6.92 Å². The zero-order chi connectivity index (χ0) is 15.4. The predicted molar refractivity (Wildman–Crippen MR) is 91.8 cm³/mol. The van der Waals surface area contributed by atoms with Crippen molar-refractivity contribution in [3.63, 3.8) is 0 Å². The number of rotatable bonds is 7. The number of aryl methyl sites for hydroxylation is 1. The van der Waals surface area contributed by atoms with E-state index < -0.39 is 11.6 Å².